The molecule has 0 radical (unpaired) electrons. The number of aliphatic hydroxyl groups excluding tert-OH is 1. The summed E-state index contributed by atoms with van der Waals surface area (Å²) in [7, 11) is 0. The highest BCUT2D eigenvalue weighted by Crippen LogP contribution is 2.43. The molecule has 4 heteroatoms. The van der Waals surface area contributed by atoms with Gasteiger partial charge in [0.1, 0.15) is 14.7 Å². The van der Waals surface area contributed by atoms with Gasteiger partial charge in [-0.25, -0.2) is 0 Å². The van der Waals surface area contributed by atoms with Gasteiger partial charge in [-0.1, -0.05) is 56.1 Å². The maximum Gasteiger partial charge on any atom is 0.123 e. The molecule has 2 N–H and O–H groups in total. The van der Waals surface area contributed by atoms with Gasteiger partial charge in [0.05, 0.1) is 0 Å². The van der Waals surface area contributed by atoms with Crippen molar-refractivity contribution in [3.63, 3.8) is 0 Å². The highest BCUT2D eigenvalue weighted by Gasteiger charge is 2.27. The molecule has 16 heavy (non-hydrogen) atoms. The van der Waals surface area contributed by atoms with Crippen molar-refractivity contribution in [1.29, 1.82) is 0 Å². The van der Waals surface area contributed by atoms with E-state index in [0.717, 1.165) is 0 Å². The molecule has 2 nitrogen and oxygen atoms in total. The minimum Gasteiger partial charge on any atom is -0.508 e. The fraction of sp³-hybridized carbons (Fsp3) is 0.167. The second kappa shape index (κ2) is 4.26. The molecular weight excluding hydrogens is 336 g/mol. The van der Waals surface area contributed by atoms with E-state index in [1.54, 1.807) is 24.3 Å². The second-order valence-electron chi connectivity index (χ2n) is 3.65. The standard InChI is InChI=1S/C12H10Br2O2/c13-12(14)6-5-11(16)9(7-12)8-3-1-2-4-10(8)15/h1-6,15-16H,7H2. The number of benzene rings is 1. The Morgan fingerprint density at radius 3 is 2.50 bits per heavy atom. The molecule has 0 bridgehead atoms. The summed E-state index contributed by atoms with van der Waals surface area (Å²) in [5, 5.41) is 19.6. The first-order chi connectivity index (χ1) is 7.49. The van der Waals surface area contributed by atoms with Gasteiger partial charge in [0.2, 0.25) is 0 Å². The van der Waals surface area contributed by atoms with Crippen LogP contribution in [0.2, 0.25) is 0 Å². The van der Waals surface area contributed by atoms with E-state index in [9.17, 15) is 10.2 Å². The number of halogens is 2. The SMILES string of the molecule is OC1=C(c2ccccc2O)CC(Br)(Br)C=C1. The van der Waals surface area contributed by atoms with Gasteiger partial charge in [0, 0.05) is 17.6 Å². The highest BCUT2D eigenvalue weighted by atomic mass is 79.9. The first-order valence-electron chi connectivity index (χ1n) is 4.77. The molecule has 0 fully saturated rings. The van der Waals surface area contributed by atoms with Gasteiger partial charge in [-0.2, -0.15) is 0 Å². The lowest BCUT2D eigenvalue weighted by Gasteiger charge is -2.23. The van der Waals surface area contributed by atoms with E-state index in [2.05, 4.69) is 31.9 Å². The Morgan fingerprint density at radius 1 is 1.12 bits per heavy atom. The number of phenolic OH excluding ortho intramolecular Hbond substituents is 1. The second-order valence-corrected chi connectivity index (χ2v) is 7.55. The molecule has 2 rings (SSSR count). The number of hydrogen-bond donors (Lipinski definition) is 2. The van der Waals surface area contributed by atoms with Gasteiger partial charge in [0.15, 0.2) is 0 Å². The topological polar surface area (TPSA) is 40.5 Å². The quantitative estimate of drug-likeness (QED) is 0.752. The van der Waals surface area contributed by atoms with Crippen molar-refractivity contribution in [2.45, 2.75) is 9.65 Å². The first-order valence-corrected chi connectivity index (χ1v) is 6.36. The number of para-hydroxylation sites is 1. The van der Waals surface area contributed by atoms with Crippen LogP contribution in [0, 0.1) is 0 Å². The number of allylic oxidation sites excluding steroid dienone is 3. The molecule has 0 spiro atoms. The maximum atomic E-state index is 9.82. The molecule has 1 aliphatic rings. The average molecular weight is 346 g/mol. The predicted octanol–water partition coefficient (Wildman–Crippen LogP) is 4.11. The average Bonchev–Trinajstić information content (AvgIpc) is 2.23. The lowest BCUT2D eigenvalue weighted by atomic mass is 9.95. The van der Waals surface area contributed by atoms with Crippen molar-refractivity contribution in [2.75, 3.05) is 0 Å². The third kappa shape index (κ3) is 2.33. The third-order valence-electron chi connectivity index (χ3n) is 2.44. The summed E-state index contributed by atoms with van der Waals surface area (Å²) >= 11 is 6.97. The van der Waals surface area contributed by atoms with E-state index in [4.69, 9.17) is 0 Å². The summed E-state index contributed by atoms with van der Waals surface area (Å²) in [6.45, 7) is 0. The summed E-state index contributed by atoms with van der Waals surface area (Å²) in [4.78, 5) is 0. The van der Waals surface area contributed by atoms with Gasteiger partial charge in [-0.3, -0.25) is 0 Å². The van der Waals surface area contributed by atoms with Crippen molar-refractivity contribution in [3.8, 4) is 5.75 Å². The zero-order valence-electron chi connectivity index (χ0n) is 8.32. The van der Waals surface area contributed by atoms with E-state index in [0.29, 0.717) is 17.6 Å². The van der Waals surface area contributed by atoms with Crippen molar-refractivity contribution >= 4 is 37.4 Å². The first kappa shape index (κ1) is 11.7. The Bertz CT molecular complexity index is 476. The minimum atomic E-state index is -0.357. The van der Waals surface area contributed by atoms with Crippen molar-refractivity contribution in [2.24, 2.45) is 0 Å². The smallest absolute Gasteiger partial charge is 0.123 e. The largest absolute Gasteiger partial charge is 0.508 e. The third-order valence-corrected chi connectivity index (χ3v) is 3.53. The summed E-state index contributed by atoms with van der Waals surface area (Å²) in [5.74, 6) is 0.367. The van der Waals surface area contributed by atoms with Crippen molar-refractivity contribution in [3.05, 3.63) is 47.7 Å². The monoisotopic (exact) mass is 344 g/mol. The fourth-order valence-electron chi connectivity index (χ4n) is 1.65. The Hall–Kier alpha value is -0.740. The number of phenols is 1. The normalized spacial score (nSPS) is 18.9. The molecule has 0 saturated heterocycles. The van der Waals surface area contributed by atoms with Crippen molar-refractivity contribution in [1.82, 2.24) is 0 Å². The molecule has 1 aromatic carbocycles. The number of alkyl halides is 2. The van der Waals surface area contributed by atoms with E-state index >= 15 is 0 Å². The predicted molar refractivity (Wildman–Crippen MR) is 72.0 cm³/mol. The van der Waals surface area contributed by atoms with Gasteiger partial charge in [-0.15, -0.1) is 0 Å². The molecule has 0 saturated carbocycles. The zero-order chi connectivity index (χ0) is 11.8. The van der Waals surface area contributed by atoms with E-state index in [1.165, 1.54) is 0 Å². The van der Waals surface area contributed by atoms with Crippen LogP contribution in [0.1, 0.15) is 12.0 Å². The summed E-state index contributed by atoms with van der Waals surface area (Å²) < 4.78 is -0.357. The Balaban J connectivity index is 2.49. The van der Waals surface area contributed by atoms with E-state index in [1.807, 2.05) is 12.1 Å². The molecule has 0 heterocycles. The van der Waals surface area contributed by atoms with Crippen molar-refractivity contribution < 1.29 is 10.2 Å². The van der Waals surface area contributed by atoms with Crippen LogP contribution in [0.5, 0.6) is 5.75 Å². The van der Waals surface area contributed by atoms with E-state index < -0.39 is 0 Å². The van der Waals surface area contributed by atoms with Crippen LogP contribution < -0.4 is 0 Å². The van der Waals surface area contributed by atoms with Crippen LogP contribution in [0.25, 0.3) is 5.57 Å². The molecule has 0 atom stereocenters. The summed E-state index contributed by atoms with van der Waals surface area (Å²) in [5.41, 5.74) is 1.38. The van der Waals surface area contributed by atoms with Crippen LogP contribution in [-0.2, 0) is 0 Å². The van der Waals surface area contributed by atoms with Crippen LogP contribution >= 0.6 is 31.9 Å². The van der Waals surface area contributed by atoms with Gasteiger partial charge in [0.25, 0.3) is 0 Å². The van der Waals surface area contributed by atoms with Crippen LogP contribution in [-0.4, -0.2) is 13.4 Å². The fourth-order valence-corrected chi connectivity index (χ4v) is 2.47. The lowest BCUT2D eigenvalue weighted by molar-refractivity contribution is 0.429. The van der Waals surface area contributed by atoms with Crippen LogP contribution in [0.4, 0.5) is 0 Å². The molecule has 84 valence electrons. The minimum absolute atomic E-state index is 0.176. The number of aromatic hydroxyl groups is 1. The Kier molecular flexibility index (Phi) is 3.13. The lowest BCUT2D eigenvalue weighted by Crippen LogP contribution is -2.13. The van der Waals surface area contributed by atoms with Gasteiger partial charge < -0.3 is 10.2 Å². The zero-order valence-corrected chi connectivity index (χ0v) is 11.5. The molecule has 1 aliphatic carbocycles. The number of aliphatic hydroxyl groups is 1. The molecule has 0 aromatic heterocycles. The van der Waals surface area contributed by atoms with Crippen LogP contribution in [0.3, 0.4) is 0 Å². The van der Waals surface area contributed by atoms with Gasteiger partial charge >= 0.3 is 0 Å². The highest BCUT2D eigenvalue weighted by molar-refractivity contribution is 9.25. The molecular formula is C12H10Br2O2. The maximum absolute atomic E-state index is 9.82. The van der Waals surface area contributed by atoms with E-state index in [-0.39, 0.29) is 14.7 Å². The molecule has 0 aliphatic heterocycles. The van der Waals surface area contributed by atoms with Gasteiger partial charge in [-0.05, 0) is 12.1 Å². The van der Waals surface area contributed by atoms with Crippen LogP contribution in [0.15, 0.2) is 42.2 Å². The molecule has 0 amide bonds. The number of hydrogen-bond acceptors (Lipinski definition) is 2. The number of rotatable bonds is 1. The molecule has 0 unspecified atom stereocenters. The Labute approximate surface area is 111 Å². The Morgan fingerprint density at radius 2 is 1.81 bits per heavy atom. The summed E-state index contributed by atoms with van der Waals surface area (Å²) in [6, 6.07) is 6.98. The summed E-state index contributed by atoms with van der Waals surface area (Å²) in [6.07, 6.45) is 4.01. The molecule has 1 aromatic rings.